The molecule has 5 nitrogen and oxygen atoms in total. The fourth-order valence-electron chi connectivity index (χ4n) is 2.74. The third-order valence-corrected chi connectivity index (χ3v) is 4.58. The zero-order valence-corrected chi connectivity index (χ0v) is 13.8. The average Bonchev–Trinajstić information content (AvgIpc) is 2.62. The molecule has 1 fully saturated rings. The van der Waals surface area contributed by atoms with Crippen LogP contribution in [0, 0.1) is 5.82 Å². The highest BCUT2D eigenvalue weighted by Crippen LogP contribution is 2.31. The van der Waals surface area contributed by atoms with Crippen LogP contribution in [0.3, 0.4) is 0 Å². The van der Waals surface area contributed by atoms with Crippen molar-refractivity contribution in [2.45, 2.75) is 19.4 Å². The molecule has 1 unspecified atom stereocenters. The largest absolute Gasteiger partial charge is 0.409 e. The molecule has 7 heteroatoms. The molecular weight excluding hydrogens is 339 g/mol. The first-order valence-electron chi connectivity index (χ1n) is 6.86. The SMILES string of the molecule is CC1CN(C)CCCN1c1ccc(/C(N)=N/O)c(Br)c1F. The highest BCUT2D eigenvalue weighted by atomic mass is 79.9. The minimum atomic E-state index is -0.379. The van der Waals surface area contributed by atoms with Crippen molar-refractivity contribution in [1.82, 2.24) is 4.90 Å². The molecule has 0 bridgehead atoms. The lowest BCUT2D eigenvalue weighted by molar-refractivity contribution is 0.318. The van der Waals surface area contributed by atoms with Gasteiger partial charge in [-0.25, -0.2) is 4.39 Å². The Morgan fingerprint density at radius 1 is 1.48 bits per heavy atom. The van der Waals surface area contributed by atoms with Crippen LogP contribution in [0.2, 0.25) is 0 Å². The fourth-order valence-corrected chi connectivity index (χ4v) is 3.28. The van der Waals surface area contributed by atoms with Crippen molar-refractivity contribution in [3.8, 4) is 0 Å². The van der Waals surface area contributed by atoms with Crippen LogP contribution in [-0.4, -0.2) is 48.7 Å². The van der Waals surface area contributed by atoms with Gasteiger partial charge in [0.15, 0.2) is 11.7 Å². The van der Waals surface area contributed by atoms with Crippen molar-refractivity contribution < 1.29 is 9.60 Å². The highest BCUT2D eigenvalue weighted by Gasteiger charge is 2.24. The number of halogens is 2. The third-order valence-electron chi connectivity index (χ3n) is 3.80. The number of rotatable bonds is 2. The molecule has 0 saturated carbocycles. The lowest BCUT2D eigenvalue weighted by atomic mass is 10.1. The van der Waals surface area contributed by atoms with Crippen LogP contribution in [0.5, 0.6) is 0 Å². The van der Waals surface area contributed by atoms with E-state index in [2.05, 4.69) is 44.9 Å². The minimum Gasteiger partial charge on any atom is -0.409 e. The van der Waals surface area contributed by atoms with Gasteiger partial charge in [0.25, 0.3) is 0 Å². The maximum absolute atomic E-state index is 14.7. The Labute approximate surface area is 132 Å². The number of anilines is 1. The predicted octanol–water partition coefficient (Wildman–Crippen LogP) is 2.21. The number of hydrogen-bond acceptors (Lipinski definition) is 4. The van der Waals surface area contributed by atoms with Gasteiger partial charge in [0.1, 0.15) is 0 Å². The summed E-state index contributed by atoms with van der Waals surface area (Å²) in [7, 11) is 2.08. The van der Waals surface area contributed by atoms with Crippen molar-refractivity contribution >= 4 is 27.5 Å². The van der Waals surface area contributed by atoms with Crippen molar-refractivity contribution in [3.05, 3.63) is 28.0 Å². The molecule has 1 aliphatic rings. The Hall–Kier alpha value is -1.34. The summed E-state index contributed by atoms with van der Waals surface area (Å²) in [6.45, 7) is 4.79. The summed E-state index contributed by atoms with van der Waals surface area (Å²) >= 11 is 3.21. The molecule has 0 amide bonds. The van der Waals surface area contributed by atoms with Crippen molar-refractivity contribution in [3.63, 3.8) is 0 Å². The zero-order valence-electron chi connectivity index (χ0n) is 12.2. The van der Waals surface area contributed by atoms with Gasteiger partial charge in [0.2, 0.25) is 0 Å². The smallest absolute Gasteiger partial charge is 0.171 e. The summed E-state index contributed by atoms with van der Waals surface area (Å²) in [6, 6.07) is 3.57. The Morgan fingerprint density at radius 3 is 2.86 bits per heavy atom. The summed E-state index contributed by atoms with van der Waals surface area (Å²) in [4.78, 5) is 4.32. The van der Waals surface area contributed by atoms with Crippen LogP contribution in [0.4, 0.5) is 10.1 Å². The summed E-state index contributed by atoms with van der Waals surface area (Å²) in [5.41, 5.74) is 6.43. The quantitative estimate of drug-likeness (QED) is 0.368. The number of nitrogens with zero attached hydrogens (tertiary/aromatic N) is 3. The molecule has 1 aromatic rings. The lowest BCUT2D eigenvalue weighted by Crippen LogP contribution is -2.38. The number of amidine groups is 1. The summed E-state index contributed by atoms with van der Waals surface area (Å²) in [6.07, 6.45) is 0.986. The molecule has 1 aromatic carbocycles. The van der Waals surface area contributed by atoms with Gasteiger partial charge in [0.05, 0.1) is 10.2 Å². The van der Waals surface area contributed by atoms with Crippen LogP contribution >= 0.6 is 15.9 Å². The van der Waals surface area contributed by atoms with Gasteiger partial charge >= 0.3 is 0 Å². The summed E-state index contributed by atoms with van der Waals surface area (Å²) < 4.78 is 14.9. The maximum atomic E-state index is 14.7. The zero-order chi connectivity index (χ0) is 15.6. The number of nitrogens with two attached hydrogens (primary N) is 1. The minimum absolute atomic E-state index is 0.115. The van der Waals surface area contributed by atoms with Gasteiger partial charge in [-0.1, -0.05) is 5.16 Å². The molecule has 21 heavy (non-hydrogen) atoms. The molecule has 116 valence electrons. The van der Waals surface area contributed by atoms with Gasteiger partial charge in [-0.3, -0.25) is 0 Å². The second kappa shape index (κ2) is 6.62. The van der Waals surface area contributed by atoms with E-state index in [0.717, 1.165) is 26.1 Å². The number of benzene rings is 1. The van der Waals surface area contributed by atoms with Crippen LogP contribution in [-0.2, 0) is 0 Å². The van der Waals surface area contributed by atoms with Gasteiger partial charge in [-0.15, -0.1) is 0 Å². The molecule has 0 radical (unpaired) electrons. The van der Waals surface area contributed by atoms with E-state index in [1.54, 1.807) is 12.1 Å². The standard InChI is InChI=1S/C14H20BrFN4O/c1-9-8-19(2)6-3-7-20(9)11-5-4-10(14(17)18-21)12(15)13(11)16/h4-5,9,21H,3,6-8H2,1-2H3,(H2,17,18). The van der Waals surface area contributed by atoms with Crippen LogP contribution in [0.25, 0.3) is 0 Å². The Bertz CT molecular complexity index is 552. The van der Waals surface area contributed by atoms with Gasteiger partial charge < -0.3 is 20.7 Å². The molecule has 0 aromatic heterocycles. The Morgan fingerprint density at radius 2 is 2.19 bits per heavy atom. The monoisotopic (exact) mass is 358 g/mol. The molecule has 1 saturated heterocycles. The van der Waals surface area contributed by atoms with E-state index in [-0.39, 0.29) is 22.2 Å². The molecule has 1 aliphatic heterocycles. The van der Waals surface area contributed by atoms with Crippen molar-refractivity contribution in [2.24, 2.45) is 10.9 Å². The average molecular weight is 359 g/mol. The van der Waals surface area contributed by atoms with Crippen molar-refractivity contribution in [1.29, 1.82) is 0 Å². The van der Waals surface area contributed by atoms with E-state index in [1.807, 2.05) is 0 Å². The Kier molecular flexibility index (Phi) is 5.05. The van der Waals surface area contributed by atoms with Gasteiger partial charge in [-0.2, -0.15) is 0 Å². The van der Waals surface area contributed by atoms with E-state index in [0.29, 0.717) is 11.3 Å². The first kappa shape index (κ1) is 16.0. The van der Waals surface area contributed by atoms with Crippen LogP contribution in [0.15, 0.2) is 21.8 Å². The summed E-state index contributed by atoms with van der Waals surface area (Å²) in [5.74, 6) is -0.494. The van der Waals surface area contributed by atoms with E-state index in [1.165, 1.54) is 0 Å². The second-order valence-electron chi connectivity index (χ2n) is 5.40. The number of oxime groups is 1. The molecule has 2 rings (SSSR count). The summed E-state index contributed by atoms with van der Waals surface area (Å²) in [5, 5.41) is 11.7. The molecule has 3 N–H and O–H groups in total. The molecule has 0 aliphatic carbocycles. The normalized spacial score (nSPS) is 21.4. The van der Waals surface area contributed by atoms with E-state index in [9.17, 15) is 4.39 Å². The molecule has 1 heterocycles. The fraction of sp³-hybridized carbons (Fsp3) is 0.500. The van der Waals surface area contributed by atoms with E-state index in [4.69, 9.17) is 10.9 Å². The second-order valence-corrected chi connectivity index (χ2v) is 6.20. The first-order chi connectivity index (χ1) is 9.95. The molecule has 0 spiro atoms. The number of likely N-dealkylation sites (N-methyl/N-ethyl adjacent to an activating group) is 1. The van der Waals surface area contributed by atoms with Crippen LogP contribution < -0.4 is 10.6 Å². The lowest BCUT2D eigenvalue weighted by Gasteiger charge is -2.31. The molecular formula is C14H20BrFN4O. The highest BCUT2D eigenvalue weighted by molar-refractivity contribution is 9.10. The molecule has 1 atom stereocenters. The Balaban J connectivity index is 2.38. The number of hydrogen-bond donors (Lipinski definition) is 2. The first-order valence-corrected chi connectivity index (χ1v) is 7.66. The van der Waals surface area contributed by atoms with E-state index >= 15 is 0 Å². The third kappa shape index (κ3) is 3.29. The predicted molar refractivity (Wildman–Crippen MR) is 85.5 cm³/mol. The van der Waals surface area contributed by atoms with Gasteiger partial charge in [-0.05, 0) is 55.0 Å². The maximum Gasteiger partial charge on any atom is 0.171 e. The van der Waals surface area contributed by atoms with Gasteiger partial charge in [0, 0.05) is 24.7 Å². The topological polar surface area (TPSA) is 65.1 Å². The van der Waals surface area contributed by atoms with Crippen LogP contribution in [0.1, 0.15) is 18.9 Å². The van der Waals surface area contributed by atoms with E-state index < -0.39 is 0 Å². The van der Waals surface area contributed by atoms with Crippen molar-refractivity contribution in [2.75, 3.05) is 31.6 Å².